The van der Waals surface area contributed by atoms with Crippen molar-refractivity contribution in [1.82, 2.24) is 0 Å². The molecular formula is C26H29NO3. The Balaban J connectivity index is 1.52. The standard InChI is InChI=1S/C26H29NO3/c1-29-18-17-26(28)27-24-15-8-12-21(19-24)11-7-14-23-13-5-6-16-25(23)30-20-22-9-3-2-4-10-22/h2-6,8-10,12-13,15-16,19H,7,11,14,17-18,20H2,1H3,(H,27,28). The van der Waals surface area contributed by atoms with Gasteiger partial charge in [-0.15, -0.1) is 0 Å². The molecule has 0 bridgehead atoms. The summed E-state index contributed by atoms with van der Waals surface area (Å²) in [4.78, 5) is 11.9. The lowest BCUT2D eigenvalue weighted by atomic mass is 10.0. The first-order valence-electron chi connectivity index (χ1n) is 10.4. The minimum atomic E-state index is -0.0292. The molecule has 0 aliphatic carbocycles. The summed E-state index contributed by atoms with van der Waals surface area (Å²) in [6.07, 6.45) is 3.25. The number of carbonyl (C=O) groups is 1. The molecule has 0 aromatic heterocycles. The van der Waals surface area contributed by atoms with Crippen molar-refractivity contribution < 1.29 is 14.3 Å². The average Bonchev–Trinajstić information content (AvgIpc) is 2.78. The Bertz CT molecular complexity index is 924. The Morgan fingerprint density at radius 1 is 0.867 bits per heavy atom. The molecule has 0 spiro atoms. The van der Waals surface area contributed by atoms with Crippen LogP contribution in [0.2, 0.25) is 0 Å². The summed E-state index contributed by atoms with van der Waals surface area (Å²) < 4.78 is 11.0. The molecule has 0 saturated heterocycles. The maximum Gasteiger partial charge on any atom is 0.226 e. The summed E-state index contributed by atoms with van der Waals surface area (Å²) >= 11 is 0. The van der Waals surface area contributed by atoms with Gasteiger partial charge >= 0.3 is 0 Å². The number of ether oxygens (including phenoxy) is 2. The molecule has 0 aliphatic heterocycles. The predicted octanol–water partition coefficient (Wildman–Crippen LogP) is 5.42. The Morgan fingerprint density at radius 3 is 2.47 bits per heavy atom. The summed E-state index contributed by atoms with van der Waals surface area (Å²) in [7, 11) is 1.60. The van der Waals surface area contributed by atoms with Crippen molar-refractivity contribution >= 4 is 11.6 Å². The van der Waals surface area contributed by atoms with Crippen molar-refractivity contribution in [2.45, 2.75) is 32.3 Å². The van der Waals surface area contributed by atoms with E-state index in [1.54, 1.807) is 7.11 Å². The molecule has 3 aromatic rings. The number of para-hydroxylation sites is 1. The lowest BCUT2D eigenvalue weighted by Gasteiger charge is -2.12. The van der Waals surface area contributed by atoms with E-state index in [2.05, 4.69) is 35.6 Å². The van der Waals surface area contributed by atoms with Crippen LogP contribution in [0.15, 0.2) is 78.9 Å². The second-order valence-electron chi connectivity index (χ2n) is 7.23. The Kier molecular flexibility index (Phi) is 8.48. The highest BCUT2D eigenvalue weighted by molar-refractivity contribution is 5.90. The molecule has 30 heavy (non-hydrogen) atoms. The predicted molar refractivity (Wildman–Crippen MR) is 121 cm³/mol. The zero-order valence-electron chi connectivity index (χ0n) is 17.5. The van der Waals surface area contributed by atoms with Gasteiger partial charge in [-0.1, -0.05) is 60.7 Å². The minimum Gasteiger partial charge on any atom is -0.489 e. The minimum absolute atomic E-state index is 0.0292. The van der Waals surface area contributed by atoms with Gasteiger partial charge in [0.25, 0.3) is 0 Å². The molecule has 3 aromatic carbocycles. The normalized spacial score (nSPS) is 10.6. The topological polar surface area (TPSA) is 47.6 Å². The summed E-state index contributed by atoms with van der Waals surface area (Å²) in [6.45, 7) is 1.000. The van der Waals surface area contributed by atoms with Crippen molar-refractivity contribution in [1.29, 1.82) is 0 Å². The molecule has 0 atom stereocenters. The van der Waals surface area contributed by atoms with E-state index in [9.17, 15) is 4.79 Å². The fourth-order valence-corrected chi connectivity index (χ4v) is 3.29. The summed E-state index contributed by atoms with van der Waals surface area (Å²) in [5.41, 5.74) is 4.43. The van der Waals surface area contributed by atoms with Crippen LogP contribution in [0.3, 0.4) is 0 Å². The molecular weight excluding hydrogens is 374 g/mol. The SMILES string of the molecule is COCCC(=O)Nc1cccc(CCCc2ccccc2OCc2ccccc2)c1. The molecule has 4 heteroatoms. The summed E-state index contributed by atoms with van der Waals surface area (Å²) in [5.74, 6) is 0.916. The maximum atomic E-state index is 11.9. The molecule has 0 heterocycles. The van der Waals surface area contributed by atoms with Gasteiger partial charge in [0.15, 0.2) is 0 Å². The highest BCUT2D eigenvalue weighted by Crippen LogP contribution is 2.22. The van der Waals surface area contributed by atoms with E-state index in [4.69, 9.17) is 9.47 Å². The third-order valence-electron chi connectivity index (χ3n) is 4.87. The molecule has 1 N–H and O–H groups in total. The molecule has 0 unspecified atom stereocenters. The Morgan fingerprint density at radius 2 is 1.63 bits per heavy atom. The van der Waals surface area contributed by atoms with Crippen molar-refractivity contribution in [2.75, 3.05) is 19.0 Å². The zero-order valence-corrected chi connectivity index (χ0v) is 17.5. The van der Waals surface area contributed by atoms with Gasteiger partial charge in [0, 0.05) is 12.8 Å². The van der Waals surface area contributed by atoms with E-state index in [-0.39, 0.29) is 5.91 Å². The van der Waals surface area contributed by atoms with Gasteiger partial charge < -0.3 is 14.8 Å². The number of anilines is 1. The van der Waals surface area contributed by atoms with E-state index in [0.29, 0.717) is 19.6 Å². The number of benzene rings is 3. The number of carbonyl (C=O) groups excluding carboxylic acids is 1. The fourth-order valence-electron chi connectivity index (χ4n) is 3.29. The summed E-state index contributed by atoms with van der Waals surface area (Å²) in [6, 6.07) is 26.5. The van der Waals surface area contributed by atoms with Crippen molar-refractivity contribution in [3.05, 3.63) is 95.6 Å². The van der Waals surface area contributed by atoms with Gasteiger partial charge in [0.05, 0.1) is 13.0 Å². The van der Waals surface area contributed by atoms with Gasteiger partial charge in [-0.25, -0.2) is 0 Å². The van der Waals surface area contributed by atoms with Crippen LogP contribution in [-0.4, -0.2) is 19.6 Å². The number of methoxy groups -OCH3 is 1. The van der Waals surface area contributed by atoms with Crippen LogP contribution < -0.4 is 10.1 Å². The molecule has 0 saturated carbocycles. The molecule has 0 radical (unpaired) electrons. The number of hydrogen-bond acceptors (Lipinski definition) is 3. The van der Waals surface area contributed by atoms with Gasteiger partial charge in [-0.3, -0.25) is 4.79 Å². The van der Waals surface area contributed by atoms with Crippen LogP contribution in [-0.2, 0) is 29.0 Å². The van der Waals surface area contributed by atoms with E-state index >= 15 is 0 Å². The number of hydrogen-bond donors (Lipinski definition) is 1. The van der Waals surface area contributed by atoms with E-state index < -0.39 is 0 Å². The van der Waals surface area contributed by atoms with Crippen LogP contribution in [0.5, 0.6) is 5.75 Å². The Hall–Kier alpha value is -3.11. The molecule has 3 rings (SSSR count). The van der Waals surface area contributed by atoms with Crippen molar-refractivity contribution in [2.24, 2.45) is 0 Å². The largest absolute Gasteiger partial charge is 0.489 e. The highest BCUT2D eigenvalue weighted by atomic mass is 16.5. The fraction of sp³-hybridized carbons (Fsp3) is 0.269. The maximum absolute atomic E-state index is 11.9. The molecule has 4 nitrogen and oxygen atoms in total. The van der Waals surface area contributed by atoms with Gasteiger partial charge in [-0.2, -0.15) is 0 Å². The molecule has 0 fully saturated rings. The van der Waals surface area contributed by atoms with Crippen molar-refractivity contribution in [3.8, 4) is 5.75 Å². The Labute approximate surface area is 178 Å². The third kappa shape index (κ3) is 7.05. The quantitative estimate of drug-likeness (QED) is 0.465. The summed E-state index contributed by atoms with van der Waals surface area (Å²) in [5, 5.41) is 2.93. The molecule has 1 amide bonds. The van der Waals surface area contributed by atoms with Crippen LogP contribution in [0.25, 0.3) is 0 Å². The van der Waals surface area contributed by atoms with Crippen LogP contribution >= 0.6 is 0 Å². The first kappa shape index (κ1) is 21.6. The van der Waals surface area contributed by atoms with Gasteiger partial charge in [-0.05, 0) is 54.2 Å². The number of rotatable bonds is 11. The lowest BCUT2D eigenvalue weighted by molar-refractivity contribution is -0.117. The van der Waals surface area contributed by atoms with Crippen LogP contribution in [0, 0.1) is 0 Å². The zero-order chi connectivity index (χ0) is 21.0. The van der Waals surface area contributed by atoms with Crippen LogP contribution in [0.1, 0.15) is 29.5 Å². The first-order chi connectivity index (χ1) is 14.7. The number of nitrogens with one attached hydrogen (secondary N) is 1. The molecule has 156 valence electrons. The van der Waals surface area contributed by atoms with E-state index in [0.717, 1.165) is 36.3 Å². The van der Waals surface area contributed by atoms with Crippen LogP contribution in [0.4, 0.5) is 5.69 Å². The third-order valence-corrected chi connectivity index (χ3v) is 4.87. The second kappa shape index (κ2) is 11.8. The van der Waals surface area contributed by atoms with Gasteiger partial charge in [0.1, 0.15) is 12.4 Å². The van der Waals surface area contributed by atoms with E-state index in [1.165, 1.54) is 11.1 Å². The monoisotopic (exact) mass is 403 g/mol. The van der Waals surface area contributed by atoms with Gasteiger partial charge in [0.2, 0.25) is 5.91 Å². The average molecular weight is 404 g/mol. The number of aryl methyl sites for hydroxylation is 2. The molecule has 0 aliphatic rings. The highest BCUT2D eigenvalue weighted by Gasteiger charge is 2.06. The number of amides is 1. The second-order valence-corrected chi connectivity index (χ2v) is 7.23. The smallest absolute Gasteiger partial charge is 0.226 e. The first-order valence-corrected chi connectivity index (χ1v) is 10.4. The van der Waals surface area contributed by atoms with E-state index in [1.807, 2.05) is 48.5 Å². The lowest BCUT2D eigenvalue weighted by Crippen LogP contribution is -2.13. The van der Waals surface area contributed by atoms with Crippen molar-refractivity contribution in [3.63, 3.8) is 0 Å².